The molecule has 0 spiro atoms. The van der Waals surface area contributed by atoms with Crippen LogP contribution in [0, 0.1) is 11.6 Å². The molecule has 168 valence electrons. The zero-order chi connectivity index (χ0) is 22.7. The minimum Gasteiger partial charge on any atom is -0.486 e. The lowest BCUT2D eigenvalue weighted by Crippen LogP contribution is -2.48. The summed E-state index contributed by atoms with van der Waals surface area (Å²) in [7, 11) is 0. The fourth-order valence-electron chi connectivity index (χ4n) is 3.49. The van der Waals surface area contributed by atoms with E-state index >= 15 is 0 Å². The first-order valence-corrected chi connectivity index (χ1v) is 11.6. The van der Waals surface area contributed by atoms with Crippen LogP contribution in [0.25, 0.3) is 0 Å². The quantitative estimate of drug-likeness (QED) is 0.427. The first kappa shape index (κ1) is 23.0. The summed E-state index contributed by atoms with van der Waals surface area (Å²) in [6.07, 6.45) is 0. The third kappa shape index (κ3) is 5.41. The number of hydrogen-bond donors (Lipinski definition) is 0. The highest BCUT2D eigenvalue weighted by molar-refractivity contribution is 7.12. The third-order valence-electron chi connectivity index (χ3n) is 5.26. The Bertz CT molecular complexity index is 1100. The monoisotopic (exact) mass is 496 g/mol. The normalized spacial score (nSPS) is 14.6. The van der Waals surface area contributed by atoms with Crippen LogP contribution < -0.4 is 4.74 Å². The fourth-order valence-corrected chi connectivity index (χ4v) is 4.87. The molecule has 0 bridgehead atoms. The topological polar surface area (TPSA) is 32.8 Å². The van der Waals surface area contributed by atoms with Gasteiger partial charge in [-0.15, -0.1) is 11.3 Å². The molecule has 32 heavy (non-hydrogen) atoms. The molecule has 9 heteroatoms. The molecule has 0 N–H and O–H groups in total. The SMILES string of the molecule is O=C(c1cc(COc2ccc(F)cc2F)cs1)N1CCN(Cc2c(Cl)cccc2Cl)CC1. The van der Waals surface area contributed by atoms with E-state index in [1.54, 1.807) is 6.07 Å². The second-order valence-corrected chi connectivity index (χ2v) is 9.18. The summed E-state index contributed by atoms with van der Waals surface area (Å²) < 4.78 is 32.1. The van der Waals surface area contributed by atoms with Crippen molar-refractivity contribution in [1.29, 1.82) is 0 Å². The molecule has 1 amide bonds. The lowest BCUT2D eigenvalue weighted by molar-refractivity contribution is 0.0633. The molecule has 0 radical (unpaired) electrons. The maximum absolute atomic E-state index is 13.7. The molecular weight excluding hydrogens is 477 g/mol. The summed E-state index contributed by atoms with van der Waals surface area (Å²) >= 11 is 13.9. The summed E-state index contributed by atoms with van der Waals surface area (Å²) in [5, 5.41) is 3.10. The van der Waals surface area contributed by atoms with E-state index in [2.05, 4.69) is 4.90 Å². The molecule has 0 saturated carbocycles. The Labute approximate surface area is 198 Å². The Morgan fingerprint density at radius 2 is 1.75 bits per heavy atom. The van der Waals surface area contributed by atoms with E-state index in [1.165, 1.54) is 17.4 Å². The zero-order valence-electron chi connectivity index (χ0n) is 17.0. The van der Waals surface area contributed by atoms with Crippen LogP contribution in [0.3, 0.4) is 0 Å². The van der Waals surface area contributed by atoms with Crippen LogP contribution in [0.1, 0.15) is 20.8 Å². The number of halogens is 4. The average molecular weight is 497 g/mol. The van der Waals surface area contributed by atoms with Crippen LogP contribution in [0.2, 0.25) is 10.0 Å². The van der Waals surface area contributed by atoms with Gasteiger partial charge in [0.25, 0.3) is 5.91 Å². The fraction of sp³-hybridized carbons (Fsp3) is 0.261. The predicted molar refractivity (Wildman–Crippen MR) is 123 cm³/mol. The van der Waals surface area contributed by atoms with Gasteiger partial charge in [0.05, 0.1) is 4.88 Å². The molecule has 4 rings (SSSR count). The largest absolute Gasteiger partial charge is 0.486 e. The molecule has 1 aromatic heterocycles. The number of ether oxygens (including phenoxy) is 1. The third-order valence-corrected chi connectivity index (χ3v) is 6.93. The van der Waals surface area contributed by atoms with Crippen LogP contribution in [-0.4, -0.2) is 41.9 Å². The van der Waals surface area contributed by atoms with Crippen molar-refractivity contribution in [2.45, 2.75) is 13.2 Å². The number of hydrogen-bond acceptors (Lipinski definition) is 4. The first-order valence-electron chi connectivity index (χ1n) is 10.0. The molecule has 1 aliphatic rings. The Morgan fingerprint density at radius 3 is 2.44 bits per heavy atom. The predicted octanol–water partition coefficient (Wildman–Crippen LogP) is 5.87. The highest BCUT2D eigenvalue weighted by Gasteiger charge is 2.24. The van der Waals surface area contributed by atoms with E-state index in [1.807, 2.05) is 28.5 Å². The standard InChI is InChI=1S/C23H20Cl2F2N2O2S/c24-18-2-1-3-19(25)17(18)12-28-6-8-29(9-7-28)23(30)22-10-15(14-32-22)13-31-21-5-4-16(26)11-20(21)27/h1-5,10-11,14H,6-9,12-13H2. The van der Waals surface area contributed by atoms with Crippen LogP contribution in [0.15, 0.2) is 47.8 Å². The van der Waals surface area contributed by atoms with Gasteiger partial charge in [-0.2, -0.15) is 0 Å². The summed E-state index contributed by atoms with van der Waals surface area (Å²) in [6, 6.07) is 10.4. The van der Waals surface area contributed by atoms with E-state index in [4.69, 9.17) is 27.9 Å². The van der Waals surface area contributed by atoms with Gasteiger partial charge < -0.3 is 9.64 Å². The molecule has 1 aliphatic heterocycles. The lowest BCUT2D eigenvalue weighted by Gasteiger charge is -2.34. The second kappa shape index (κ2) is 10.2. The smallest absolute Gasteiger partial charge is 0.264 e. The number of rotatable bonds is 6. The molecule has 0 unspecified atom stereocenters. The Hall–Kier alpha value is -2.19. The number of thiophene rings is 1. The van der Waals surface area contributed by atoms with Crippen molar-refractivity contribution in [2.75, 3.05) is 26.2 Å². The van der Waals surface area contributed by atoms with Crippen molar-refractivity contribution in [2.24, 2.45) is 0 Å². The van der Waals surface area contributed by atoms with Crippen molar-refractivity contribution in [3.8, 4) is 5.75 Å². The van der Waals surface area contributed by atoms with Crippen LogP contribution in [-0.2, 0) is 13.2 Å². The molecule has 2 heterocycles. The Balaban J connectivity index is 1.30. The van der Waals surface area contributed by atoms with Gasteiger partial charge in [-0.1, -0.05) is 29.3 Å². The molecule has 3 aromatic rings. The van der Waals surface area contributed by atoms with Gasteiger partial charge in [0.1, 0.15) is 12.4 Å². The van der Waals surface area contributed by atoms with Gasteiger partial charge >= 0.3 is 0 Å². The van der Waals surface area contributed by atoms with Crippen molar-refractivity contribution in [3.05, 3.63) is 85.5 Å². The minimum atomic E-state index is -0.757. The summed E-state index contributed by atoms with van der Waals surface area (Å²) in [4.78, 5) is 17.5. The van der Waals surface area contributed by atoms with Crippen LogP contribution >= 0.6 is 34.5 Å². The molecule has 0 aliphatic carbocycles. The van der Waals surface area contributed by atoms with Gasteiger partial charge in [-0.25, -0.2) is 8.78 Å². The van der Waals surface area contributed by atoms with E-state index in [0.29, 0.717) is 34.6 Å². The van der Waals surface area contributed by atoms with Crippen molar-refractivity contribution < 1.29 is 18.3 Å². The molecular formula is C23H20Cl2F2N2O2S. The van der Waals surface area contributed by atoms with Gasteiger partial charge in [0.2, 0.25) is 0 Å². The highest BCUT2D eigenvalue weighted by Crippen LogP contribution is 2.27. The lowest BCUT2D eigenvalue weighted by atomic mass is 10.2. The summed E-state index contributed by atoms with van der Waals surface area (Å²) in [6.45, 7) is 3.38. The summed E-state index contributed by atoms with van der Waals surface area (Å²) in [5.74, 6) is -1.48. The Morgan fingerprint density at radius 1 is 1.03 bits per heavy atom. The Kier molecular flexibility index (Phi) is 7.30. The molecule has 0 atom stereocenters. The number of benzene rings is 2. The average Bonchev–Trinajstić information content (AvgIpc) is 3.25. The van der Waals surface area contributed by atoms with Gasteiger partial charge in [0.15, 0.2) is 11.6 Å². The maximum Gasteiger partial charge on any atom is 0.264 e. The maximum atomic E-state index is 13.7. The number of nitrogens with zero attached hydrogens (tertiary/aromatic N) is 2. The zero-order valence-corrected chi connectivity index (χ0v) is 19.3. The van der Waals surface area contributed by atoms with Crippen molar-refractivity contribution >= 4 is 40.4 Å². The second-order valence-electron chi connectivity index (χ2n) is 7.45. The van der Waals surface area contributed by atoms with Gasteiger partial charge in [-0.05, 0) is 35.7 Å². The number of carbonyl (C=O) groups is 1. The number of carbonyl (C=O) groups excluding carboxylic acids is 1. The van der Waals surface area contributed by atoms with E-state index in [0.717, 1.165) is 36.3 Å². The molecule has 2 aromatic carbocycles. The number of amides is 1. The van der Waals surface area contributed by atoms with Gasteiger partial charge in [0, 0.05) is 60.0 Å². The van der Waals surface area contributed by atoms with E-state index in [9.17, 15) is 13.6 Å². The molecule has 1 saturated heterocycles. The molecule has 4 nitrogen and oxygen atoms in total. The van der Waals surface area contributed by atoms with Crippen molar-refractivity contribution in [1.82, 2.24) is 9.80 Å². The molecule has 1 fully saturated rings. The number of piperazine rings is 1. The minimum absolute atomic E-state index is 0.0276. The van der Waals surface area contributed by atoms with E-state index < -0.39 is 11.6 Å². The first-order chi connectivity index (χ1) is 15.4. The van der Waals surface area contributed by atoms with Gasteiger partial charge in [-0.3, -0.25) is 9.69 Å². The van der Waals surface area contributed by atoms with Crippen LogP contribution in [0.5, 0.6) is 5.75 Å². The highest BCUT2D eigenvalue weighted by atomic mass is 35.5. The summed E-state index contributed by atoms with van der Waals surface area (Å²) in [5.41, 5.74) is 1.66. The van der Waals surface area contributed by atoms with E-state index in [-0.39, 0.29) is 18.3 Å². The van der Waals surface area contributed by atoms with Crippen LogP contribution in [0.4, 0.5) is 8.78 Å². The van der Waals surface area contributed by atoms with Crippen molar-refractivity contribution in [3.63, 3.8) is 0 Å².